The maximum Gasteiger partial charge on any atom is 0.330 e. The van der Waals surface area contributed by atoms with Crippen molar-refractivity contribution in [3.8, 4) is 11.5 Å². The van der Waals surface area contributed by atoms with Gasteiger partial charge in [-0.05, 0) is 48.9 Å². The minimum Gasteiger partial charge on any atom is -0.494 e. The minimum atomic E-state index is -1.03. The molecule has 0 amide bonds. The summed E-state index contributed by atoms with van der Waals surface area (Å²) in [4.78, 5) is 14.3. The number of hydrogen-bond acceptors (Lipinski definition) is 7. The molecule has 1 aliphatic rings. The normalized spacial score (nSPS) is 15.0. The van der Waals surface area contributed by atoms with Crippen LogP contribution in [0.2, 0.25) is 0 Å². The van der Waals surface area contributed by atoms with Crippen LogP contribution in [0.25, 0.3) is 0 Å². The standard InChI is InChI=1S/C23H30N4O5/c1-2-31-19-13-17(14-20(15-19)32-12-9-27-7-10-30-11-8-27)21(23(28)29)26-18-5-3-16(4-6-18)22(24)25/h3-6,13-15,21,26H,2,7-12H2,1H3,(H3,24,25)(H,28,29). The molecule has 32 heavy (non-hydrogen) atoms. The Morgan fingerprint density at radius 3 is 2.44 bits per heavy atom. The van der Waals surface area contributed by atoms with E-state index < -0.39 is 12.0 Å². The van der Waals surface area contributed by atoms with E-state index in [1.807, 2.05) is 6.92 Å². The number of nitrogens with two attached hydrogens (primary N) is 1. The molecule has 5 N–H and O–H groups in total. The van der Waals surface area contributed by atoms with Crippen LogP contribution >= 0.6 is 0 Å². The lowest BCUT2D eigenvalue weighted by molar-refractivity contribution is -0.138. The quantitative estimate of drug-likeness (QED) is 0.308. The SMILES string of the molecule is CCOc1cc(OCCN2CCOCC2)cc(C(Nc2ccc(C(=N)N)cc2)C(=O)O)c1. The van der Waals surface area contributed by atoms with Crippen molar-refractivity contribution >= 4 is 17.5 Å². The highest BCUT2D eigenvalue weighted by Crippen LogP contribution is 2.29. The maximum atomic E-state index is 12.1. The highest BCUT2D eigenvalue weighted by Gasteiger charge is 2.22. The zero-order valence-corrected chi connectivity index (χ0v) is 18.2. The summed E-state index contributed by atoms with van der Waals surface area (Å²) in [5, 5.41) is 20.4. The van der Waals surface area contributed by atoms with Crippen LogP contribution < -0.4 is 20.5 Å². The van der Waals surface area contributed by atoms with Crippen molar-refractivity contribution < 1.29 is 24.1 Å². The van der Waals surface area contributed by atoms with E-state index in [9.17, 15) is 9.90 Å². The molecule has 0 aromatic heterocycles. The van der Waals surface area contributed by atoms with Crippen LogP contribution in [0.4, 0.5) is 5.69 Å². The molecule has 9 nitrogen and oxygen atoms in total. The number of hydrogen-bond donors (Lipinski definition) is 4. The van der Waals surface area contributed by atoms with Crippen molar-refractivity contribution in [1.82, 2.24) is 4.90 Å². The number of benzene rings is 2. The third kappa shape index (κ3) is 6.60. The molecule has 1 unspecified atom stereocenters. The lowest BCUT2D eigenvalue weighted by Gasteiger charge is -2.26. The number of carbonyl (C=O) groups is 1. The molecular weight excluding hydrogens is 412 g/mol. The molecule has 9 heteroatoms. The Bertz CT molecular complexity index is 913. The molecule has 0 radical (unpaired) electrons. The van der Waals surface area contributed by atoms with Crippen LogP contribution in [0.15, 0.2) is 42.5 Å². The second-order valence-electron chi connectivity index (χ2n) is 7.38. The Balaban J connectivity index is 1.75. The van der Waals surface area contributed by atoms with Crippen molar-refractivity contribution in [2.75, 3.05) is 51.4 Å². The van der Waals surface area contributed by atoms with Crippen LogP contribution in [0, 0.1) is 5.41 Å². The van der Waals surface area contributed by atoms with Crippen molar-refractivity contribution in [3.63, 3.8) is 0 Å². The zero-order valence-electron chi connectivity index (χ0n) is 18.2. The summed E-state index contributed by atoms with van der Waals surface area (Å²) in [6.45, 7) is 6.77. The van der Waals surface area contributed by atoms with Gasteiger partial charge in [0.2, 0.25) is 0 Å². The molecule has 1 atom stereocenters. The van der Waals surface area contributed by atoms with E-state index in [0.29, 0.717) is 41.5 Å². The third-order valence-corrected chi connectivity index (χ3v) is 5.08. The Labute approximate surface area is 187 Å². The van der Waals surface area contributed by atoms with E-state index in [0.717, 1.165) is 32.8 Å². The fraction of sp³-hybridized carbons (Fsp3) is 0.391. The van der Waals surface area contributed by atoms with E-state index in [4.69, 9.17) is 25.4 Å². The summed E-state index contributed by atoms with van der Waals surface area (Å²) >= 11 is 0. The minimum absolute atomic E-state index is 0.0466. The number of carboxylic acids is 1. The van der Waals surface area contributed by atoms with Crippen LogP contribution in [-0.2, 0) is 9.53 Å². The monoisotopic (exact) mass is 442 g/mol. The molecule has 1 aliphatic heterocycles. The van der Waals surface area contributed by atoms with Crippen molar-refractivity contribution in [2.24, 2.45) is 5.73 Å². The van der Waals surface area contributed by atoms with Gasteiger partial charge in [0, 0.05) is 37.0 Å². The molecule has 1 fully saturated rings. The van der Waals surface area contributed by atoms with Gasteiger partial charge in [0.05, 0.1) is 19.8 Å². The summed E-state index contributed by atoms with van der Waals surface area (Å²) in [5.74, 6) is 0.0220. The molecule has 0 aliphatic carbocycles. The van der Waals surface area contributed by atoms with E-state index >= 15 is 0 Å². The van der Waals surface area contributed by atoms with E-state index in [2.05, 4.69) is 10.2 Å². The molecule has 0 bridgehead atoms. The van der Waals surface area contributed by atoms with Gasteiger partial charge in [-0.25, -0.2) is 4.79 Å². The first kappa shape index (κ1) is 23.4. The van der Waals surface area contributed by atoms with Crippen LogP contribution in [0.5, 0.6) is 11.5 Å². The molecule has 2 aromatic carbocycles. The van der Waals surface area contributed by atoms with E-state index in [1.165, 1.54) is 0 Å². The van der Waals surface area contributed by atoms with Crippen molar-refractivity contribution in [2.45, 2.75) is 13.0 Å². The molecule has 0 saturated carbocycles. The van der Waals surface area contributed by atoms with E-state index in [-0.39, 0.29) is 5.84 Å². The summed E-state index contributed by atoms with van der Waals surface area (Å²) in [7, 11) is 0. The number of carboxylic acid groups (broad SMARTS) is 1. The van der Waals surface area contributed by atoms with Crippen LogP contribution in [0.3, 0.4) is 0 Å². The highest BCUT2D eigenvalue weighted by atomic mass is 16.5. The van der Waals surface area contributed by atoms with Crippen molar-refractivity contribution in [3.05, 3.63) is 53.6 Å². The molecule has 172 valence electrons. The fourth-order valence-corrected chi connectivity index (χ4v) is 3.41. The lowest BCUT2D eigenvalue weighted by atomic mass is 10.1. The van der Waals surface area contributed by atoms with Crippen LogP contribution in [-0.4, -0.2) is 67.9 Å². The summed E-state index contributed by atoms with van der Waals surface area (Å²) < 4.78 is 16.9. The second kappa shape index (κ2) is 11.4. The molecule has 1 heterocycles. The number of morpholine rings is 1. The van der Waals surface area contributed by atoms with Gasteiger partial charge in [-0.3, -0.25) is 10.3 Å². The topological polar surface area (TPSA) is 130 Å². The Kier molecular flexibility index (Phi) is 8.29. The Morgan fingerprint density at radius 2 is 1.84 bits per heavy atom. The lowest BCUT2D eigenvalue weighted by Crippen LogP contribution is -2.38. The number of nitrogens with one attached hydrogen (secondary N) is 2. The smallest absolute Gasteiger partial charge is 0.330 e. The Hall–Kier alpha value is -3.30. The van der Waals surface area contributed by atoms with Gasteiger partial charge in [0.1, 0.15) is 23.9 Å². The first-order chi connectivity index (χ1) is 15.5. The first-order valence-corrected chi connectivity index (χ1v) is 10.6. The molecule has 2 aromatic rings. The number of rotatable bonds is 11. The van der Waals surface area contributed by atoms with Gasteiger partial charge in [0.25, 0.3) is 0 Å². The second-order valence-corrected chi connectivity index (χ2v) is 7.38. The van der Waals surface area contributed by atoms with Gasteiger partial charge >= 0.3 is 5.97 Å². The van der Waals surface area contributed by atoms with Crippen molar-refractivity contribution in [1.29, 1.82) is 5.41 Å². The number of ether oxygens (including phenoxy) is 3. The predicted molar refractivity (Wildman–Crippen MR) is 122 cm³/mol. The molecule has 1 saturated heterocycles. The third-order valence-electron chi connectivity index (χ3n) is 5.08. The van der Waals surface area contributed by atoms with Crippen LogP contribution in [0.1, 0.15) is 24.1 Å². The largest absolute Gasteiger partial charge is 0.494 e. The predicted octanol–water partition coefficient (Wildman–Crippen LogP) is 2.32. The number of nitrogen functional groups attached to an aromatic ring is 1. The van der Waals surface area contributed by atoms with Gasteiger partial charge < -0.3 is 30.4 Å². The van der Waals surface area contributed by atoms with Gasteiger partial charge in [-0.15, -0.1) is 0 Å². The molecule has 0 spiro atoms. The molecular formula is C23H30N4O5. The maximum absolute atomic E-state index is 12.1. The highest BCUT2D eigenvalue weighted by molar-refractivity contribution is 5.95. The number of aliphatic carboxylic acids is 1. The Morgan fingerprint density at radius 1 is 1.19 bits per heavy atom. The summed E-state index contributed by atoms with van der Waals surface area (Å²) in [6.07, 6.45) is 0. The van der Waals surface area contributed by atoms with E-state index in [1.54, 1.807) is 42.5 Å². The summed E-state index contributed by atoms with van der Waals surface area (Å²) in [6, 6.07) is 10.9. The first-order valence-electron chi connectivity index (χ1n) is 10.6. The zero-order chi connectivity index (χ0) is 22.9. The number of amidine groups is 1. The van der Waals surface area contributed by atoms with Gasteiger partial charge in [0.15, 0.2) is 6.04 Å². The molecule has 3 rings (SSSR count). The summed E-state index contributed by atoms with van der Waals surface area (Å²) in [5.41, 5.74) is 7.16. The fourth-order valence-electron chi connectivity index (χ4n) is 3.41. The average Bonchev–Trinajstić information content (AvgIpc) is 2.78. The average molecular weight is 443 g/mol. The number of nitrogens with zero attached hydrogens (tertiary/aromatic N) is 1. The van der Waals surface area contributed by atoms with Gasteiger partial charge in [-0.1, -0.05) is 0 Å². The van der Waals surface area contributed by atoms with Gasteiger partial charge in [-0.2, -0.15) is 0 Å². The number of anilines is 1.